The van der Waals surface area contributed by atoms with E-state index in [0.717, 1.165) is 18.5 Å². The Morgan fingerprint density at radius 1 is 1.56 bits per heavy atom. The van der Waals surface area contributed by atoms with E-state index in [1.165, 1.54) is 12.3 Å². The second-order valence-electron chi connectivity index (χ2n) is 4.02. The van der Waals surface area contributed by atoms with Gasteiger partial charge < -0.3 is 5.73 Å². The molecule has 0 saturated heterocycles. The van der Waals surface area contributed by atoms with Gasteiger partial charge in [0.1, 0.15) is 5.52 Å². The van der Waals surface area contributed by atoms with Crippen LogP contribution in [0.4, 0.5) is 10.3 Å². The molecule has 0 saturated carbocycles. The van der Waals surface area contributed by atoms with Crippen LogP contribution < -0.4 is 5.73 Å². The van der Waals surface area contributed by atoms with Crippen molar-refractivity contribution >= 4 is 11.5 Å². The minimum absolute atomic E-state index is 0.160. The van der Waals surface area contributed by atoms with Gasteiger partial charge in [0, 0.05) is 5.69 Å². The number of aromatic nitrogens is 3. The van der Waals surface area contributed by atoms with Crippen LogP contribution in [0.25, 0.3) is 5.52 Å². The van der Waals surface area contributed by atoms with Gasteiger partial charge in [-0.05, 0) is 18.4 Å². The van der Waals surface area contributed by atoms with E-state index in [-0.39, 0.29) is 17.7 Å². The number of nitrogens with two attached hydrogens (primary N) is 1. The van der Waals surface area contributed by atoms with Crippen molar-refractivity contribution in [1.29, 1.82) is 0 Å². The summed E-state index contributed by atoms with van der Waals surface area (Å²) in [6.07, 6.45) is 3.46. The summed E-state index contributed by atoms with van der Waals surface area (Å²) < 4.78 is 15.2. The highest BCUT2D eigenvalue weighted by atomic mass is 19.1. The molecule has 0 fully saturated rings. The van der Waals surface area contributed by atoms with Gasteiger partial charge in [-0.25, -0.2) is 13.9 Å². The molecule has 0 spiro atoms. The Balaban J connectivity index is 2.56. The Bertz CT molecular complexity index is 506. The van der Waals surface area contributed by atoms with Crippen molar-refractivity contribution in [3.63, 3.8) is 0 Å². The van der Waals surface area contributed by atoms with Crippen molar-refractivity contribution < 1.29 is 4.39 Å². The molecule has 5 heteroatoms. The molecule has 0 radical (unpaired) electrons. The molecule has 0 aromatic carbocycles. The lowest BCUT2D eigenvalue weighted by Crippen LogP contribution is -2.05. The minimum atomic E-state index is -0.294. The van der Waals surface area contributed by atoms with Crippen LogP contribution in [0, 0.1) is 5.82 Å². The summed E-state index contributed by atoms with van der Waals surface area (Å²) in [5, 5.41) is 4.04. The summed E-state index contributed by atoms with van der Waals surface area (Å²) in [4.78, 5) is 3.79. The van der Waals surface area contributed by atoms with Crippen LogP contribution in [0.5, 0.6) is 0 Å². The van der Waals surface area contributed by atoms with Crippen molar-refractivity contribution in [1.82, 2.24) is 14.6 Å². The molecule has 1 unspecified atom stereocenters. The smallest absolute Gasteiger partial charge is 0.238 e. The first-order valence-electron chi connectivity index (χ1n) is 5.43. The number of nitrogen functional groups attached to an aromatic ring is 1. The summed E-state index contributed by atoms with van der Waals surface area (Å²) >= 11 is 0. The zero-order valence-electron chi connectivity index (χ0n) is 9.44. The number of rotatable bonds is 3. The first-order chi connectivity index (χ1) is 7.63. The van der Waals surface area contributed by atoms with Crippen molar-refractivity contribution in [2.75, 3.05) is 5.73 Å². The predicted octanol–water partition coefficient (Wildman–Crippen LogP) is 2.35. The number of hydrogen-bond donors (Lipinski definition) is 1. The number of halogens is 1. The zero-order chi connectivity index (χ0) is 11.7. The standard InChI is InChI=1S/C11H15FN4/c1-3-4-7(2)9-5-8(12)10-6-14-11(13)15-16(9)10/h5-7H,3-4H2,1-2H3,(H2,13,15). The Labute approximate surface area is 93.3 Å². The predicted molar refractivity (Wildman–Crippen MR) is 60.7 cm³/mol. The van der Waals surface area contributed by atoms with Crippen LogP contribution >= 0.6 is 0 Å². The minimum Gasteiger partial charge on any atom is -0.367 e. The van der Waals surface area contributed by atoms with Crippen LogP contribution in [0.1, 0.15) is 38.3 Å². The third-order valence-electron chi connectivity index (χ3n) is 2.74. The van der Waals surface area contributed by atoms with E-state index in [9.17, 15) is 4.39 Å². The molecule has 1 atom stereocenters. The van der Waals surface area contributed by atoms with E-state index in [1.54, 1.807) is 4.52 Å². The molecule has 0 aliphatic carbocycles. The summed E-state index contributed by atoms with van der Waals surface area (Å²) in [5.41, 5.74) is 6.74. The molecule has 4 nitrogen and oxygen atoms in total. The molecule has 2 rings (SSSR count). The van der Waals surface area contributed by atoms with Crippen LogP contribution in [0.15, 0.2) is 12.3 Å². The average molecular weight is 222 g/mol. The summed E-state index contributed by atoms with van der Waals surface area (Å²) in [7, 11) is 0. The quantitative estimate of drug-likeness (QED) is 0.867. The van der Waals surface area contributed by atoms with Gasteiger partial charge in [-0.15, -0.1) is 5.10 Å². The topological polar surface area (TPSA) is 56.2 Å². The van der Waals surface area contributed by atoms with Gasteiger partial charge in [0.15, 0.2) is 5.82 Å². The lowest BCUT2D eigenvalue weighted by atomic mass is 10.0. The molecular formula is C11H15FN4. The maximum Gasteiger partial charge on any atom is 0.238 e. The maximum atomic E-state index is 13.6. The van der Waals surface area contributed by atoms with E-state index < -0.39 is 0 Å². The zero-order valence-corrected chi connectivity index (χ0v) is 9.44. The number of nitrogens with zero attached hydrogens (tertiary/aromatic N) is 3. The summed E-state index contributed by atoms with van der Waals surface area (Å²) in [6.45, 7) is 4.16. The first-order valence-corrected chi connectivity index (χ1v) is 5.43. The molecule has 2 N–H and O–H groups in total. The monoisotopic (exact) mass is 222 g/mol. The van der Waals surface area contributed by atoms with Gasteiger partial charge in [0.2, 0.25) is 5.95 Å². The third-order valence-corrected chi connectivity index (χ3v) is 2.74. The lowest BCUT2D eigenvalue weighted by Gasteiger charge is -2.09. The highest BCUT2D eigenvalue weighted by Crippen LogP contribution is 2.24. The molecule has 0 aliphatic rings. The van der Waals surface area contributed by atoms with Crippen LogP contribution in [0.2, 0.25) is 0 Å². The molecule has 16 heavy (non-hydrogen) atoms. The van der Waals surface area contributed by atoms with Gasteiger partial charge in [-0.1, -0.05) is 20.3 Å². The fourth-order valence-corrected chi connectivity index (χ4v) is 1.92. The molecular weight excluding hydrogens is 207 g/mol. The maximum absolute atomic E-state index is 13.6. The van der Waals surface area contributed by atoms with E-state index >= 15 is 0 Å². The normalized spacial score (nSPS) is 13.2. The average Bonchev–Trinajstić information content (AvgIpc) is 2.56. The molecule has 2 heterocycles. The highest BCUT2D eigenvalue weighted by molar-refractivity contribution is 5.49. The molecule has 86 valence electrons. The molecule has 0 aliphatic heterocycles. The Kier molecular flexibility index (Phi) is 2.77. The van der Waals surface area contributed by atoms with Crippen molar-refractivity contribution in [2.45, 2.75) is 32.6 Å². The van der Waals surface area contributed by atoms with Gasteiger partial charge in [0.05, 0.1) is 6.20 Å². The third kappa shape index (κ3) is 1.73. The fourth-order valence-electron chi connectivity index (χ4n) is 1.92. The van der Waals surface area contributed by atoms with E-state index in [2.05, 4.69) is 23.9 Å². The number of hydrogen-bond acceptors (Lipinski definition) is 3. The molecule has 2 aromatic rings. The SMILES string of the molecule is CCCC(C)c1cc(F)c2cnc(N)nn12. The van der Waals surface area contributed by atoms with Crippen LogP contribution in [-0.4, -0.2) is 14.6 Å². The highest BCUT2D eigenvalue weighted by Gasteiger charge is 2.15. The van der Waals surface area contributed by atoms with E-state index in [1.807, 2.05) is 0 Å². The first kappa shape index (κ1) is 10.9. The van der Waals surface area contributed by atoms with Gasteiger partial charge in [-0.3, -0.25) is 0 Å². The summed E-state index contributed by atoms with van der Waals surface area (Å²) in [6, 6.07) is 1.52. The Hall–Kier alpha value is -1.65. The summed E-state index contributed by atoms with van der Waals surface area (Å²) in [5.74, 6) is 0.127. The van der Waals surface area contributed by atoms with Gasteiger partial charge >= 0.3 is 0 Å². The van der Waals surface area contributed by atoms with Gasteiger partial charge in [0.25, 0.3) is 0 Å². The van der Waals surface area contributed by atoms with Gasteiger partial charge in [-0.2, -0.15) is 0 Å². The second kappa shape index (κ2) is 4.08. The van der Waals surface area contributed by atoms with Crippen LogP contribution in [-0.2, 0) is 0 Å². The molecule has 0 bridgehead atoms. The Morgan fingerprint density at radius 2 is 2.31 bits per heavy atom. The largest absolute Gasteiger partial charge is 0.367 e. The lowest BCUT2D eigenvalue weighted by molar-refractivity contribution is 0.625. The van der Waals surface area contributed by atoms with Crippen LogP contribution in [0.3, 0.4) is 0 Å². The van der Waals surface area contributed by atoms with Crippen molar-refractivity contribution in [3.05, 3.63) is 23.8 Å². The molecule has 0 amide bonds. The van der Waals surface area contributed by atoms with Crippen molar-refractivity contribution in [2.24, 2.45) is 0 Å². The molecule has 2 aromatic heterocycles. The fraction of sp³-hybridized carbons (Fsp3) is 0.455. The second-order valence-corrected chi connectivity index (χ2v) is 4.02. The number of anilines is 1. The Morgan fingerprint density at radius 3 is 3.00 bits per heavy atom. The van der Waals surface area contributed by atoms with E-state index in [4.69, 9.17) is 5.73 Å². The van der Waals surface area contributed by atoms with E-state index in [0.29, 0.717) is 5.52 Å². The van der Waals surface area contributed by atoms with Crippen molar-refractivity contribution in [3.8, 4) is 0 Å². The number of fused-ring (bicyclic) bond motifs is 1.